The van der Waals surface area contributed by atoms with Crippen LogP contribution in [0.15, 0.2) is 24.3 Å². The highest BCUT2D eigenvalue weighted by Crippen LogP contribution is 2.28. The normalized spacial score (nSPS) is 15.5. The van der Waals surface area contributed by atoms with Crippen LogP contribution in [0.3, 0.4) is 0 Å². The Kier molecular flexibility index (Phi) is 5.05. The minimum absolute atomic E-state index is 0.448. The first-order chi connectivity index (χ1) is 11.3. The average molecular weight is 313 g/mol. The van der Waals surface area contributed by atoms with Gasteiger partial charge in [-0.15, -0.1) is 5.10 Å². The van der Waals surface area contributed by atoms with Crippen molar-refractivity contribution in [3.8, 4) is 11.4 Å². The van der Waals surface area contributed by atoms with Crippen molar-refractivity contribution in [2.75, 3.05) is 7.11 Å². The van der Waals surface area contributed by atoms with Gasteiger partial charge in [0.1, 0.15) is 11.4 Å². The zero-order valence-electron chi connectivity index (χ0n) is 13.6. The van der Waals surface area contributed by atoms with Gasteiger partial charge >= 0.3 is 0 Å². The van der Waals surface area contributed by atoms with Gasteiger partial charge in [0.05, 0.1) is 18.5 Å². The van der Waals surface area contributed by atoms with E-state index in [2.05, 4.69) is 10.3 Å². The quantitative estimate of drug-likeness (QED) is 0.765. The van der Waals surface area contributed by atoms with E-state index < -0.39 is 0 Å². The molecule has 0 aliphatic heterocycles. The van der Waals surface area contributed by atoms with Crippen LogP contribution in [0.25, 0.3) is 5.69 Å². The summed E-state index contributed by atoms with van der Waals surface area (Å²) in [4.78, 5) is 11.3. The van der Waals surface area contributed by atoms with Crippen LogP contribution in [0.4, 0.5) is 0 Å². The molecule has 0 amide bonds. The summed E-state index contributed by atoms with van der Waals surface area (Å²) in [6, 6.07) is 7.67. The predicted molar refractivity (Wildman–Crippen MR) is 88.2 cm³/mol. The molecule has 1 saturated carbocycles. The van der Waals surface area contributed by atoms with Crippen LogP contribution in [0.1, 0.15) is 54.7 Å². The van der Waals surface area contributed by atoms with Gasteiger partial charge in [-0.1, -0.05) is 43.4 Å². The molecule has 0 spiro atoms. The maximum Gasteiger partial charge on any atom is 0.172 e. The lowest BCUT2D eigenvalue weighted by atomic mass is 9.85. The number of nitrogens with zero attached hydrogens (tertiary/aromatic N) is 3. The molecule has 1 fully saturated rings. The first-order valence-corrected chi connectivity index (χ1v) is 8.36. The summed E-state index contributed by atoms with van der Waals surface area (Å²) < 4.78 is 7.05. The Hall–Kier alpha value is -2.17. The minimum atomic E-state index is 0.448. The highest BCUT2D eigenvalue weighted by molar-refractivity contribution is 5.73. The first-order valence-electron chi connectivity index (χ1n) is 8.36. The topological polar surface area (TPSA) is 57.0 Å². The van der Waals surface area contributed by atoms with Crippen molar-refractivity contribution in [1.82, 2.24) is 15.0 Å². The van der Waals surface area contributed by atoms with E-state index >= 15 is 0 Å². The number of hydrogen-bond donors (Lipinski definition) is 0. The number of aldehydes is 1. The van der Waals surface area contributed by atoms with Gasteiger partial charge in [-0.05, 0) is 30.9 Å². The third-order valence-corrected chi connectivity index (χ3v) is 4.72. The van der Waals surface area contributed by atoms with E-state index in [-0.39, 0.29) is 0 Å². The molecule has 3 rings (SSSR count). The Bertz CT molecular complexity index is 660. The SMILES string of the molecule is COc1cccc(-n2nnc(C=O)c2CCC2CCCCC2)c1. The Morgan fingerprint density at radius 1 is 1.30 bits per heavy atom. The van der Waals surface area contributed by atoms with Crippen LogP contribution in [0.5, 0.6) is 5.75 Å². The number of aromatic nitrogens is 3. The van der Waals surface area contributed by atoms with Gasteiger partial charge in [0.25, 0.3) is 0 Å². The maximum absolute atomic E-state index is 11.3. The maximum atomic E-state index is 11.3. The van der Waals surface area contributed by atoms with Gasteiger partial charge in [0, 0.05) is 6.07 Å². The van der Waals surface area contributed by atoms with Crippen LogP contribution in [-0.4, -0.2) is 28.4 Å². The summed E-state index contributed by atoms with van der Waals surface area (Å²) >= 11 is 0. The van der Waals surface area contributed by atoms with Gasteiger partial charge in [0.2, 0.25) is 0 Å². The fourth-order valence-corrected chi connectivity index (χ4v) is 3.41. The predicted octanol–water partition coefficient (Wildman–Crippen LogP) is 3.60. The Morgan fingerprint density at radius 3 is 2.87 bits per heavy atom. The van der Waals surface area contributed by atoms with Crippen molar-refractivity contribution in [3.05, 3.63) is 35.7 Å². The molecule has 0 unspecified atom stereocenters. The summed E-state index contributed by atoms with van der Waals surface area (Å²) in [5.74, 6) is 1.53. The largest absolute Gasteiger partial charge is 0.497 e. The van der Waals surface area contributed by atoms with Crippen LogP contribution in [0.2, 0.25) is 0 Å². The van der Waals surface area contributed by atoms with E-state index in [0.717, 1.165) is 42.2 Å². The van der Waals surface area contributed by atoms with Crippen molar-refractivity contribution >= 4 is 6.29 Å². The first kappa shape index (κ1) is 15.7. The van der Waals surface area contributed by atoms with E-state index in [0.29, 0.717) is 5.69 Å². The molecule has 0 atom stereocenters. The van der Waals surface area contributed by atoms with E-state index in [4.69, 9.17) is 4.74 Å². The van der Waals surface area contributed by atoms with Crippen LogP contribution in [0, 0.1) is 5.92 Å². The smallest absolute Gasteiger partial charge is 0.172 e. The molecule has 0 N–H and O–H groups in total. The Labute approximate surface area is 136 Å². The number of rotatable bonds is 6. The monoisotopic (exact) mass is 313 g/mol. The summed E-state index contributed by atoms with van der Waals surface area (Å²) in [6.07, 6.45) is 9.37. The fraction of sp³-hybridized carbons (Fsp3) is 0.500. The van der Waals surface area contributed by atoms with E-state index in [1.807, 2.05) is 24.3 Å². The van der Waals surface area contributed by atoms with Gasteiger partial charge in [-0.25, -0.2) is 4.68 Å². The van der Waals surface area contributed by atoms with Crippen molar-refractivity contribution in [3.63, 3.8) is 0 Å². The van der Waals surface area contributed by atoms with Crippen molar-refractivity contribution < 1.29 is 9.53 Å². The molecule has 5 nitrogen and oxygen atoms in total. The number of methoxy groups -OCH3 is 1. The minimum Gasteiger partial charge on any atom is -0.497 e. The molecule has 1 aliphatic rings. The summed E-state index contributed by atoms with van der Waals surface area (Å²) in [7, 11) is 1.64. The molecular formula is C18H23N3O2. The molecule has 23 heavy (non-hydrogen) atoms. The average Bonchev–Trinajstić information content (AvgIpc) is 3.04. The molecule has 0 saturated heterocycles. The Morgan fingerprint density at radius 2 is 2.13 bits per heavy atom. The number of carbonyl (C=O) groups excluding carboxylic acids is 1. The molecule has 0 radical (unpaired) electrons. The van der Waals surface area contributed by atoms with E-state index in [1.54, 1.807) is 11.8 Å². The number of carbonyl (C=O) groups is 1. The van der Waals surface area contributed by atoms with Gasteiger partial charge in [-0.2, -0.15) is 0 Å². The molecule has 0 bridgehead atoms. The van der Waals surface area contributed by atoms with Crippen molar-refractivity contribution in [2.24, 2.45) is 5.92 Å². The molecule has 2 aromatic rings. The highest BCUT2D eigenvalue weighted by atomic mass is 16.5. The zero-order valence-corrected chi connectivity index (χ0v) is 13.6. The lowest BCUT2D eigenvalue weighted by molar-refractivity contribution is 0.111. The standard InChI is InChI=1S/C18H23N3O2/c1-23-16-9-5-8-15(12-16)21-18(17(13-22)19-20-21)11-10-14-6-3-2-4-7-14/h5,8-9,12-14H,2-4,6-7,10-11H2,1H3. The molecular weight excluding hydrogens is 290 g/mol. The third kappa shape index (κ3) is 3.60. The van der Waals surface area contributed by atoms with Crippen molar-refractivity contribution in [2.45, 2.75) is 44.9 Å². The molecule has 1 aromatic heterocycles. The summed E-state index contributed by atoms with van der Waals surface area (Å²) in [6.45, 7) is 0. The number of ether oxygens (including phenoxy) is 1. The van der Waals surface area contributed by atoms with Gasteiger partial charge < -0.3 is 4.74 Å². The second-order valence-electron chi connectivity index (χ2n) is 6.20. The number of benzene rings is 1. The lowest BCUT2D eigenvalue weighted by Gasteiger charge is -2.21. The molecule has 1 aromatic carbocycles. The molecule has 1 heterocycles. The zero-order chi connectivity index (χ0) is 16.1. The Balaban J connectivity index is 1.82. The second kappa shape index (κ2) is 7.40. The van der Waals surface area contributed by atoms with Gasteiger partial charge in [0.15, 0.2) is 6.29 Å². The van der Waals surface area contributed by atoms with Crippen molar-refractivity contribution in [1.29, 1.82) is 0 Å². The number of hydrogen-bond acceptors (Lipinski definition) is 4. The molecule has 1 aliphatic carbocycles. The van der Waals surface area contributed by atoms with Crippen LogP contribution in [-0.2, 0) is 6.42 Å². The van der Waals surface area contributed by atoms with E-state index in [9.17, 15) is 4.79 Å². The van der Waals surface area contributed by atoms with Crippen LogP contribution < -0.4 is 4.74 Å². The van der Waals surface area contributed by atoms with E-state index in [1.165, 1.54) is 32.1 Å². The summed E-state index contributed by atoms with van der Waals surface area (Å²) in [5.41, 5.74) is 2.23. The highest BCUT2D eigenvalue weighted by Gasteiger charge is 2.18. The molecule has 122 valence electrons. The molecule has 5 heteroatoms. The summed E-state index contributed by atoms with van der Waals surface area (Å²) in [5, 5.41) is 8.21. The fourth-order valence-electron chi connectivity index (χ4n) is 3.41. The van der Waals surface area contributed by atoms with Gasteiger partial charge in [-0.3, -0.25) is 4.79 Å². The second-order valence-corrected chi connectivity index (χ2v) is 6.20. The van der Waals surface area contributed by atoms with Crippen LogP contribution >= 0.6 is 0 Å². The third-order valence-electron chi connectivity index (χ3n) is 4.72. The lowest BCUT2D eigenvalue weighted by Crippen LogP contribution is -2.10.